The third-order valence-corrected chi connectivity index (χ3v) is 3.83. The number of hydrogen-bond acceptors (Lipinski definition) is 1. The summed E-state index contributed by atoms with van der Waals surface area (Å²) >= 11 is 0. The molecule has 2 aromatic rings. The number of Topliss-reactive ketones (excluding diaryl/α,β-unsaturated/α-hetero) is 1. The summed E-state index contributed by atoms with van der Waals surface area (Å²) in [4.78, 5) is 15.3. The molecule has 0 unspecified atom stereocenters. The Morgan fingerprint density at radius 1 is 1.06 bits per heavy atom. The molecule has 0 saturated heterocycles. The van der Waals surface area contributed by atoms with Gasteiger partial charge in [-0.2, -0.15) is 0 Å². The molecule has 17 heavy (non-hydrogen) atoms. The van der Waals surface area contributed by atoms with Crippen LogP contribution in [0.4, 0.5) is 0 Å². The summed E-state index contributed by atoms with van der Waals surface area (Å²) in [5.41, 5.74) is 4.16. The second-order valence-corrected chi connectivity index (χ2v) is 4.82. The molecular formula is C15H15NO. The lowest BCUT2D eigenvalue weighted by Crippen LogP contribution is -2.07. The number of rotatable bonds is 1. The number of benzene rings is 1. The summed E-state index contributed by atoms with van der Waals surface area (Å²) in [6.07, 6.45) is 0. The molecule has 0 fully saturated rings. The molecule has 1 N–H and O–H groups in total. The average Bonchev–Trinajstić information content (AvgIpc) is 2.88. The highest BCUT2D eigenvalue weighted by Crippen LogP contribution is 2.39. The lowest BCUT2D eigenvalue weighted by molar-refractivity contribution is 0.0932. The maximum Gasteiger partial charge on any atom is 0.182 e. The van der Waals surface area contributed by atoms with E-state index in [0.717, 1.165) is 17.0 Å². The van der Waals surface area contributed by atoms with Gasteiger partial charge in [-0.3, -0.25) is 4.79 Å². The van der Waals surface area contributed by atoms with E-state index in [-0.39, 0.29) is 11.7 Å². The largest absolute Gasteiger partial charge is 0.352 e. The van der Waals surface area contributed by atoms with E-state index in [1.807, 2.05) is 25.1 Å². The molecule has 0 radical (unpaired) electrons. The molecule has 2 heteroatoms. The minimum Gasteiger partial charge on any atom is -0.352 e. The summed E-state index contributed by atoms with van der Waals surface area (Å²) in [7, 11) is 0. The van der Waals surface area contributed by atoms with E-state index in [9.17, 15) is 4.79 Å². The Kier molecular flexibility index (Phi) is 2.18. The first-order chi connectivity index (χ1) is 8.18. The lowest BCUT2D eigenvalue weighted by Gasteiger charge is -2.07. The highest BCUT2D eigenvalue weighted by molar-refractivity contribution is 6.02. The van der Waals surface area contributed by atoms with Crippen molar-refractivity contribution in [2.75, 3.05) is 0 Å². The predicted molar refractivity (Wildman–Crippen MR) is 68.1 cm³/mol. The van der Waals surface area contributed by atoms with Crippen LogP contribution in [0, 0.1) is 5.92 Å². The van der Waals surface area contributed by atoms with Crippen molar-refractivity contribution < 1.29 is 4.79 Å². The zero-order chi connectivity index (χ0) is 12.0. The van der Waals surface area contributed by atoms with Gasteiger partial charge < -0.3 is 4.98 Å². The number of fused-ring (bicyclic) bond motifs is 1. The fraction of sp³-hybridized carbons (Fsp3) is 0.267. The smallest absolute Gasteiger partial charge is 0.182 e. The van der Waals surface area contributed by atoms with Gasteiger partial charge in [-0.05, 0) is 23.1 Å². The van der Waals surface area contributed by atoms with E-state index in [2.05, 4.69) is 30.1 Å². The first kappa shape index (κ1) is 10.3. The maximum absolute atomic E-state index is 12.0. The Labute approximate surface area is 101 Å². The summed E-state index contributed by atoms with van der Waals surface area (Å²) in [6.45, 7) is 4.13. The number of nitrogens with one attached hydrogen (secondary N) is 1. The third kappa shape index (κ3) is 1.44. The normalized spacial score (nSPS) is 22.8. The lowest BCUT2D eigenvalue weighted by atomic mass is 9.96. The van der Waals surface area contributed by atoms with Crippen molar-refractivity contribution in [2.45, 2.75) is 19.8 Å². The van der Waals surface area contributed by atoms with Crippen LogP contribution in [0.15, 0.2) is 36.4 Å². The van der Waals surface area contributed by atoms with Gasteiger partial charge in [-0.25, -0.2) is 0 Å². The molecule has 1 heterocycles. The predicted octanol–water partition coefficient (Wildman–Crippen LogP) is 3.62. The van der Waals surface area contributed by atoms with Gasteiger partial charge in [0.1, 0.15) is 0 Å². The number of H-pyrrole nitrogens is 1. The van der Waals surface area contributed by atoms with Crippen LogP contribution in [-0.2, 0) is 0 Å². The van der Waals surface area contributed by atoms with E-state index in [4.69, 9.17) is 0 Å². The third-order valence-electron chi connectivity index (χ3n) is 3.83. The first-order valence-electron chi connectivity index (χ1n) is 6.01. The van der Waals surface area contributed by atoms with Crippen LogP contribution in [0.3, 0.4) is 0 Å². The Bertz CT molecular complexity index is 568. The molecule has 2 atom stereocenters. The van der Waals surface area contributed by atoms with Gasteiger partial charge in [0.05, 0.1) is 5.69 Å². The summed E-state index contributed by atoms with van der Waals surface area (Å²) in [6, 6.07) is 12.2. The van der Waals surface area contributed by atoms with Gasteiger partial charge in [0.15, 0.2) is 5.78 Å². The number of aromatic nitrogens is 1. The van der Waals surface area contributed by atoms with Gasteiger partial charge in [0.2, 0.25) is 0 Å². The van der Waals surface area contributed by atoms with Gasteiger partial charge in [0, 0.05) is 11.6 Å². The van der Waals surface area contributed by atoms with Crippen LogP contribution in [0.1, 0.15) is 35.8 Å². The fourth-order valence-electron chi connectivity index (χ4n) is 2.53. The molecule has 0 spiro atoms. The second kappa shape index (κ2) is 3.59. The van der Waals surface area contributed by atoms with Crippen molar-refractivity contribution in [3.63, 3.8) is 0 Å². The van der Waals surface area contributed by atoms with Crippen molar-refractivity contribution in [3.05, 3.63) is 47.7 Å². The quantitative estimate of drug-likeness (QED) is 0.790. The molecule has 3 rings (SSSR count). The molecule has 1 aromatic heterocycles. The Morgan fingerprint density at radius 3 is 2.41 bits per heavy atom. The molecular weight excluding hydrogens is 210 g/mol. The molecule has 86 valence electrons. The summed E-state index contributed by atoms with van der Waals surface area (Å²) in [5, 5.41) is 0. The van der Waals surface area contributed by atoms with E-state index >= 15 is 0 Å². The van der Waals surface area contributed by atoms with Crippen LogP contribution in [0.5, 0.6) is 0 Å². The van der Waals surface area contributed by atoms with E-state index in [0.29, 0.717) is 5.92 Å². The second-order valence-electron chi connectivity index (χ2n) is 4.82. The number of aromatic amines is 1. The minimum absolute atomic E-state index is 0.112. The van der Waals surface area contributed by atoms with Crippen molar-refractivity contribution >= 4 is 5.78 Å². The number of ketones is 1. The van der Waals surface area contributed by atoms with E-state index in [1.54, 1.807) is 0 Å². The van der Waals surface area contributed by atoms with E-state index in [1.165, 1.54) is 5.56 Å². The molecule has 1 aliphatic rings. The van der Waals surface area contributed by atoms with Gasteiger partial charge >= 0.3 is 0 Å². The van der Waals surface area contributed by atoms with Crippen molar-refractivity contribution in [1.29, 1.82) is 0 Å². The van der Waals surface area contributed by atoms with Crippen LogP contribution in [0.2, 0.25) is 0 Å². The van der Waals surface area contributed by atoms with Crippen molar-refractivity contribution in [2.24, 2.45) is 5.92 Å². The number of hydrogen-bond donors (Lipinski definition) is 1. The SMILES string of the molecule is C[C@@H]1c2cc(-c3ccccc3)[nH]c2C(=O)[C@@H]1C. The zero-order valence-electron chi connectivity index (χ0n) is 10.0. The molecule has 0 saturated carbocycles. The molecule has 0 bridgehead atoms. The van der Waals surface area contributed by atoms with Crippen LogP contribution >= 0.6 is 0 Å². The Balaban J connectivity index is 2.09. The van der Waals surface area contributed by atoms with Gasteiger partial charge in [0.25, 0.3) is 0 Å². The number of carbonyl (C=O) groups excluding carboxylic acids is 1. The summed E-state index contributed by atoms with van der Waals surface area (Å²) in [5.74, 6) is 0.682. The topological polar surface area (TPSA) is 32.9 Å². The highest BCUT2D eigenvalue weighted by atomic mass is 16.1. The minimum atomic E-state index is 0.112. The Hall–Kier alpha value is -1.83. The van der Waals surface area contributed by atoms with Crippen LogP contribution in [-0.4, -0.2) is 10.8 Å². The van der Waals surface area contributed by atoms with Crippen molar-refractivity contribution in [1.82, 2.24) is 4.98 Å². The monoisotopic (exact) mass is 225 g/mol. The molecule has 2 nitrogen and oxygen atoms in total. The highest BCUT2D eigenvalue weighted by Gasteiger charge is 2.35. The first-order valence-corrected chi connectivity index (χ1v) is 6.01. The van der Waals surface area contributed by atoms with E-state index < -0.39 is 0 Å². The number of carbonyl (C=O) groups is 1. The maximum atomic E-state index is 12.0. The zero-order valence-corrected chi connectivity index (χ0v) is 10.0. The molecule has 1 aromatic carbocycles. The summed E-state index contributed by atoms with van der Waals surface area (Å²) < 4.78 is 0. The van der Waals surface area contributed by atoms with Gasteiger partial charge in [-0.15, -0.1) is 0 Å². The molecule has 0 aliphatic heterocycles. The van der Waals surface area contributed by atoms with Crippen LogP contribution in [0.25, 0.3) is 11.3 Å². The Morgan fingerprint density at radius 2 is 1.76 bits per heavy atom. The average molecular weight is 225 g/mol. The standard InChI is InChI=1S/C15H15NO/c1-9-10(2)15(17)14-12(9)8-13(16-14)11-6-4-3-5-7-11/h3-10,16H,1-2H3/t9-,10+/m0/s1. The van der Waals surface area contributed by atoms with Crippen molar-refractivity contribution in [3.8, 4) is 11.3 Å². The molecule has 0 amide bonds. The van der Waals surface area contributed by atoms with Gasteiger partial charge in [-0.1, -0.05) is 44.2 Å². The molecule has 1 aliphatic carbocycles. The van der Waals surface area contributed by atoms with Crippen LogP contribution < -0.4 is 0 Å². The fourth-order valence-corrected chi connectivity index (χ4v) is 2.53.